The first-order valence-electron chi connectivity index (χ1n) is 7.72. The molecule has 2 unspecified atom stereocenters. The van der Waals surface area contributed by atoms with E-state index in [9.17, 15) is 10.2 Å². The Bertz CT molecular complexity index is 556. The molecule has 122 valence electrons. The van der Waals surface area contributed by atoms with Gasteiger partial charge in [0.15, 0.2) is 6.79 Å². The van der Waals surface area contributed by atoms with E-state index in [-0.39, 0.29) is 24.7 Å². The van der Waals surface area contributed by atoms with Gasteiger partial charge in [-0.3, -0.25) is 0 Å². The first kappa shape index (κ1) is 16.3. The van der Waals surface area contributed by atoms with Crippen molar-refractivity contribution in [2.75, 3.05) is 20.5 Å². The van der Waals surface area contributed by atoms with Crippen molar-refractivity contribution >= 4 is 22.6 Å². The number of alkyl halides is 1. The molecule has 2 aliphatic carbocycles. The van der Waals surface area contributed by atoms with Gasteiger partial charge < -0.3 is 19.7 Å². The van der Waals surface area contributed by atoms with E-state index < -0.39 is 0 Å². The average Bonchev–Trinajstić information content (AvgIpc) is 3.14. The highest BCUT2D eigenvalue weighted by Gasteiger charge is 2.53. The Hall–Kier alpha value is -0.530. The largest absolute Gasteiger partial charge is 0.507 e. The molecule has 2 N–H and O–H groups in total. The van der Waals surface area contributed by atoms with Gasteiger partial charge in [0.1, 0.15) is 11.5 Å². The van der Waals surface area contributed by atoms with Crippen LogP contribution < -0.4 is 4.74 Å². The van der Waals surface area contributed by atoms with E-state index in [0.717, 1.165) is 30.4 Å². The minimum Gasteiger partial charge on any atom is -0.507 e. The van der Waals surface area contributed by atoms with Gasteiger partial charge in [-0.1, -0.05) is 35.6 Å². The third-order valence-corrected chi connectivity index (χ3v) is 6.14. The van der Waals surface area contributed by atoms with E-state index in [1.54, 1.807) is 7.11 Å². The molecule has 4 nitrogen and oxygen atoms in total. The van der Waals surface area contributed by atoms with Crippen molar-refractivity contribution in [2.45, 2.75) is 41.9 Å². The molecule has 2 saturated carbocycles. The van der Waals surface area contributed by atoms with E-state index in [0.29, 0.717) is 21.3 Å². The number of phenols is 1. The lowest BCUT2D eigenvalue weighted by molar-refractivity contribution is 0.0500. The van der Waals surface area contributed by atoms with E-state index in [2.05, 4.69) is 22.6 Å². The topological polar surface area (TPSA) is 58.9 Å². The summed E-state index contributed by atoms with van der Waals surface area (Å²) in [5, 5.41) is 20.4. The fourth-order valence-corrected chi connectivity index (χ4v) is 4.58. The SMILES string of the molecule is COCOc1ccc(C2CC(I)C2)c(O)c1C1CC1(C)CO. The number of benzene rings is 1. The lowest BCUT2D eigenvalue weighted by Crippen LogP contribution is -2.21. The molecular weight excluding hydrogens is 395 g/mol. The van der Waals surface area contributed by atoms with Crippen LogP contribution in [0.25, 0.3) is 0 Å². The Balaban J connectivity index is 1.93. The summed E-state index contributed by atoms with van der Waals surface area (Å²) in [7, 11) is 1.58. The quantitative estimate of drug-likeness (QED) is 0.422. The van der Waals surface area contributed by atoms with Gasteiger partial charge >= 0.3 is 0 Å². The maximum Gasteiger partial charge on any atom is 0.188 e. The molecule has 0 aromatic heterocycles. The number of halogens is 1. The van der Waals surface area contributed by atoms with Crippen LogP contribution >= 0.6 is 22.6 Å². The number of aliphatic hydroxyl groups is 1. The molecule has 0 heterocycles. The summed E-state index contributed by atoms with van der Waals surface area (Å²) in [6.45, 7) is 2.34. The summed E-state index contributed by atoms with van der Waals surface area (Å²) < 4.78 is 11.3. The van der Waals surface area contributed by atoms with Crippen molar-refractivity contribution < 1.29 is 19.7 Å². The molecule has 0 bridgehead atoms. The molecule has 3 rings (SSSR count). The van der Waals surface area contributed by atoms with Crippen LogP contribution in [0, 0.1) is 5.41 Å². The first-order chi connectivity index (χ1) is 10.5. The van der Waals surface area contributed by atoms with Crippen LogP contribution in [0.2, 0.25) is 0 Å². The highest BCUT2D eigenvalue weighted by atomic mass is 127. The van der Waals surface area contributed by atoms with E-state index in [4.69, 9.17) is 9.47 Å². The summed E-state index contributed by atoms with van der Waals surface area (Å²) in [5.41, 5.74) is 1.73. The zero-order valence-electron chi connectivity index (χ0n) is 13.0. The predicted octanol–water partition coefficient (Wildman–Crippen LogP) is 3.54. The second kappa shape index (κ2) is 6.17. The van der Waals surface area contributed by atoms with Crippen LogP contribution in [-0.2, 0) is 4.74 Å². The minimum atomic E-state index is -0.146. The van der Waals surface area contributed by atoms with Gasteiger partial charge in [0, 0.05) is 23.2 Å². The Morgan fingerprint density at radius 1 is 1.36 bits per heavy atom. The first-order valence-corrected chi connectivity index (χ1v) is 8.97. The van der Waals surface area contributed by atoms with E-state index in [1.807, 2.05) is 19.1 Å². The molecule has 2 aliphatic rings. The van der Waals surface area contributed by atoms with Gasteiger partial charge in [0.25, 0.3) is 0 Å². The molecule has 2 fully saturated rings. The molecule has 22 heavy (non-hydrogen) atoms. The minimum absolute atomic E-state index is 0.129. The van der Waals surface area contributed by atoms with Crippen molar-refractivity contribution in [3.63, 3.8) is 0 Å². The summed E-state index contributed by atoms with van der Waals surface area (Å²) in [6.07, 6.45) is 3.12. The van der Waals surface area contributed by atoms with Crippen molar-refractivity contribution in [3.05, 3.63) is 23.3 Å². The predicted molar refractivity (Wildman–Crippen MR) is 92.9 cm³/mol. The van der Waals surface area contributed by atoms with Crippen molar-refractivity contribution in [1.29, 1.82) is 0 Å². The Morgan fingerprint density at radius 2 is 2.09 bits per heavy atom. The van der Waals surface area contributed by atoms with E-state index in [1.165, 1.54) is 0 Å². The van der Waals surface area contributed by atoms with Gasteiger partial charge in [-0.05, 0) is 48.1 Å². The number of aromatic hydroxyl groups is 1. The maximum absolute atomic E-state index is 10.8. The summed E-state index contributed by atoms with van der Waals surface area (Å²) >= 11 is 2.46. The Labute approximate surface area is 145 Å². The van der Waals surface area contributed by atoms with Crippen LogP contribution in [0.5, 0.6) is 11.5 Å². The standard InChI is InChI=1S/C17H23IO4/c1-17(8-19)7-13(17)15-14(22-9-21-2)4-3-12(16(15)20)10-5-11(18)6-10/h3-4,10-11,13,19-20H,5-9H2,1-2H3. The number of phenolic OH excluding ortho intramolecular Hbond substituents is 1. The van der Waals surface area contributed by atoms with Gasteiger partial charge in [-0.15, -0.1) is 0 Å². The average molecular weight is 418 g/mol. The van der Waals surface area contributed by atoms with Crippen molar-refractivity contribution in [1.82, 2.24) is 0 Å². The summed E-state index contributed by atoms with van der Waals surface area (Å²) in [6, 6.07) is 3.93. The molecule has 0 radical (unpaired) electrons. The lowest BCUT2D eigenvalue weighted by Gasteiger charge is -2.33. The number of hydrogen-bond acceptors (Lipinski definition) is 4. The molecule has 0 spiro atoms. The van der Waals surface area contributed by atoms with Gasteiger partial charge in [0.05, 0.1) is 0 Å². The number of ether oxygens (including phenoxy) is 2. The van der Waals surface area contributed by atoms with Crippen LogP contribution in [0.4, 0.5) is 0 Å². The maximum atomic E-state index is 10.8. The molecule has 1 aromatic rings. The van der Waals surface area contributed by atoms with E-state index >= 15 is 0 Å². The van der Waals surface area contributed by atoms with Crippen LogP contribution in [-0.4, -0.2) is 34.6 Å². The van der Waals surface area contributed by atoms with Gasteiger partial charge in [0.2, 0.25) is 0 Å². The molecular formula is C17H23IO4. The molecule has 0 saturated heterocycles. The zero-order valence-corrected chi connectivity index (χ0v) is 15.2. The zero-order chi connectivity index (χ0) is 15.9. The molecule has 1 aromatic carbocycles. The van der Waals surface area contributed by atoms with Gasteiger partial charge in [-0.25, -0.2) is 0 Å². The second-order valence-electron chi connectivity index (χ2n) is 6.80. The molecule has 2 atom stereocenters. The fourth-order valence-electron chi connectivity index (χ4n) is 3.36. The van der Waals surface area contributed by atoms with Gasteiger partial charge in [-0.2, -0.15) is 0 Å². The number of methoxy groups -OCH3 is 1. The normalized spacial score (nSPS) is 33.4. The monoisotopic (exact) mass is 418 g/mol. The van der Waals surface area contributed by atoms with Crippen LogP contribution in [0.3, 0.4) is 0 Å². The molecule has 0 amide bonds. The Morgan fingerprint density at radius 3 is 2.64 bits per heavy atom. The summed E-state index contributed by atoms with van der Waals surface area (Å²) in [4.78, 5) is 0. The van der Waals surface area contributed by atoms with Crippen LogP contribution in [0.15, 0.2) is 12.1 Å². The molecule has 0 aliphatic heterocycles. The fraction of sp³-hybridized carbons (Fsp3) is 0.647. The third-order valence-electron chi connectivity index (χ3n) is 5.12. The highest BCUT2D eigenvalue weighted by Crippen LogP contribution is 2.63. The number of aliphatic hydroxyl groups excluding tert-OH is 1. The lowest BCUT2D eigenvalue weighted by atomic mass is 9.78. The Kier molecular flexibility index (Phi) is 4.58. The third kappa shape index (κ3) is 2.83. The van der Waals surface area contributed by atoms with Crippen molar-refractivity contribution in [2.24, 2.45) is 5.41 Å². The summed E-state index contributed by atoms with van der Waals surface area (Å²) in [5.74, 6) is 1.63. The molecule has 5 heteroatoms. The number of rotatable bonds is 6. The highest BCUT2D eigenvalue weighted by molar-refractivity contribution is 14.1. The number of hydrogen-bond donors (Lipinski definition) is 2. The smallest absolute Gasteiger partial charge is 0.188 e. The second-order valence-corrected chi connectivity index (χ2v) is 8.56. The van der Waals surface area contributed by atoms with Crippen LogP contribution in [0.1, 0.15) is 49.1 Å². The van der Waals surface area contributed by atoms with Crippen molar-refractivity contribution in [3.8, 4) is 11.5 Å².